The zero-order valence-electron chi connectivity index (χ0n) is 25.2. The normalized spacial score (nSPS) is 12.6. The van der Waals surface area contributed by atoms with Gasteiger partial charge in [-0.05, 0) is 76.4 Å². The molecule has 2 aromatic rings. The summed E-state index contributed by atoms with van der Waals surface area (Å²) in [5, 5.41) is 5.43. The summed E-state index contributed by atoms with van der Waals surface area (Å²) in [6.07, 6.45) is 0.979. The molecular formula is C31H44N4O6. The molecule has 0 radical (unpaired) electrons. The highest BCUT2D eigenvalue weighted by Gasteiger charge is 2.37. The number of anilines is 1. The SMILES string of the molecule is CCCCCN(C(=O)C(CC(N)=O)NC(=O)OC(C)(C)C)C(C(=O)Nc1ccc(OC)cc1)c1cc(C)ccc1C. The number of hydrogen-bond donors (Lipinski definition) is 3. The molecule has 2 rings (SSSR count). The van der Waals surface area contributed by atoms with Crippen molar-refractivity contribution < 1.29 is 28.7 Å². The number of methoxy groups -OCH3 is 1. The van der Waals surface area contributed by atoms with Crippen LogP contribution < -0.4 is 21.1 Å². The minimum atomic E-state index is -1.33. The van der Waals surface area contributed by atoms with E-state index in [-0.39, 0.29) is 6.54 Å². The summed E-state index contributed by atoms with van der Waals surface area (Å²) in [6, 6.07) is 10.2. The maximum absolute atomic E-state index is 14.2. The Kier molecular flexibility index (Phi) is 12.2. The molecule has 224 valence electrons. The van der Waals surface area contributed by atoms with Crippen molar-refractivity contribution in [3.8, 4) is 5.75 Å². The molecule has 4 N–H and O–H groups in total. The minimum Gasteiger partial charge on any atom is -0.497 e. The number of nitrogens with one attached hydrogen (secondary N) is 2. The van der Waals surface area contributed by atoms with Gasteiger partial charge in [0.1, 0.15) is 23.4 Å². The number of nitrogens with zero attached hydrogens (tertiary/aromatic N) is 1. The Bertz CT molecular complexity index is 1210. The Hall–Kier alpha value is -4.08. The Balaban J connectivity index is 2.59. The van der Waals surface area contributed by atoms with Gasteiger partial charge in [-0.25, -0.2) is 4.79 Å². The van der Waals surface area contributed by atoms with Gasteiger partial charge in [0, 0.05) is 12.2 Å². The first-order chi connectivity index (χ1) is 19.2. The molecule has 0 heterocycles. The van der Waals surface area contributed by atoms with Crippen molar-refractivity contribution in [3.63, 3.8) is 0 Å². The number of nitrogens with two attached hydrogens (primary N) is 1. The lowest BCUT2D eigenvalue weighted by Crippen LogP contribution is -2.53. The topological polar surface area (TPSA) is 140 Å². The van der Waals surface area contributed by atoms with Crippen LogP contribution in [0.15, 0.2) is 42.5 Å². The van der Waals surface area contributed by atoms with Crippen molar-refractivity contribution in [2.24, 2.45) is 5.73 Å². The zero-order valence-corrected chi connectivity index (χ0v) is 25.2. The molecule has 0 fully saturated rings. The highest BCUT2D eigenvalue weighted by Crippen LogP contribution is 2.29. The molecular weight excluding hydrogens is 524 g/mol. The number of alkyl carbamates (subject to hydrolysis) is 1. The average molecular weight is 569 g/mol. The van der Waals surface area contributed by atoms with Crippen LogP contribution in [0.4, 0.5) is 10.5 Å². The molecule has 0 aliphatic heterocycles. The van der Waals surface area contributed by atoms with Crippen LogP contribution in [0.25, 0.3) is 0 Å². The monoisotopic (exact) mass is 568 g/mol. The highest BCUT2D eigenvalue weighted by molar-refractivity contribution is 6.00. The van der Waals surface area contributed by atoms with Crippen LogP contribution in [0.2, 0.25) is 0 Å². The lowest BCUT2D eigenvalue weighted by atomic mass is 9.95. The lowest BCUT2D eigenvalue weighted by molar-refractivity contribution is -0.142. The number of primary amides is 1. The predicted molar refractivity (Wildman–Crippen MR) is 158 cm³/mol. The fraction of sp³-hybridized carbons (Fsp3) is 0.484. The molecule has 0 aromatic heterocycles. The quantitative estimate of drug-likeness (QED) is 0.297. The second kappa shape index (κ2) is 15.1. The first-order valence-electron chi connectivity index (χ1n) is 13.9. The van der Waals surface area contributed by atoms with E-state index in [1.54, 1.807) is 52.1 Å². The van der Waals surface area contributed by atoms with E-state index in [1.807, 2.05) is 39.0 Å². The van der Waals surface area contributed by atoms with E-state index >= 15 is 0 Å². The van der Waals surface area contributed by atoms with Gasteiger partial charge < -0.3 is 30.7 Å². The van der Waals surface area contributed by atoms with Gasteiger partial charge in [0.05, 0.1) is 13.5 Å². The fourth-order valence-electron chi connectivity index (χ4n) is 4.34. The van der Waals surface area contributed by atoms with E-state index < -0.39 is 47.9 Å². The summed E-state index contributed by atoms with van der Waals surface area (Å²) >= 11 is 0. The van der Waals surface area contributed by atoms with E-state index in [1.165, 1.54) is 4.90 Å². The first kappa shape index (κ1) is 33.1. The summed E-state index contributed by atoms with van der Waals surface area (Å²) in [5.41, 5.74) is 7.53. The fourth-order valence-corrected chi connectivity index (χ4v) is 4.34. The number of ether oxygens (including phenoxy) is 2. The van der Waals surface area contributed by atoms with Gasteiger partial charge in [0.25, 0.3) is 5.91 Å². The molecule has 0 saturated heterocycles. The lowest BCUT2D eigenvalue weighted by Gasteiger charge is -2.35. The van der Waals surface area contributed by atoms with E-state index in [2.05, 4.69) is 10.6 Å². The zero-order chi connectivity index (χ0) is 30.7. The average Bonchev–Trinajstić information content (AvgIpc) is 2.88. The van der Waals surface area contributed by atoms with Gasteiger partial charge in [-0.3, -0.25) is 14.4 Å². The number of unbranched alkanes of at least 4 members (excludes halogenated alkanes) is 2. The van der Waals surface area contributed by atoms with Crippen LogP contribution in [0, 0.1) is 13.8 Å². The number of carbonyl (C=O) groups is 4. The van der Waals surface area contributed by atoms with Gasteiger partial charge in [0.15, 0.2) is 0 Å². The number of aryl methyl sites for hydroxylation is 2. The Labute approximate surface area is 242 Å². The molecule has 0 saturated carbocycles. The molecule has 0 bridgehead atoms. The summed E-state index contributed by atoms with van der Waals surface area (Å²) in [5.74, 6) is -1.20. The van der Waals surface area contributed by atoms with Gasteiger partial charge in [0.2, 0.25) is 11.8 Å². The van der Waals surface area contributed by atoms with E-state index in [0.717, 1.165) is 24.0 Å². The molecule has 2 unspecified atom stereocenters. The van der Waals surface area contributed by atoms with Gasteiger partial charge in [-0.1, -0.05) is 43.5 Å². The Morgan fingerprint density at radius 2 is 1.66 bits per heavy atom. The highest BCUT2D eigenvalue weighted by atomic mass is 16.6. The van der Waals surface area contributed by atoms with Crippen molar-refractivity contribution >= 4 is 29.5 Å². The van der Waals surface area contributed by atoms with Crippen LogP contribution in [0.5, 0.6) is 5.75 Å². The van der Waals surface area contributed by atoms with Gasteiger partial charge >= 0.3 is 6.09 Å². The predicted octanol–water partition coefficient (Wildman–Crippen LogP) is 4.78. The van der Waals surface area contributed by atoms with Crippen LogP contribution in [-0.2, 0) is 19.1 Å². The maximum Gasteiger partial charge on any atom is 0.408 e. The molecule has 4 amide bonds. The first-order valence-corrected chi connectivity index (χ1v) is 13.9. The van der Waals surface area contributed by atoms with Crippen molar-refractivity contribution in [1.29, 1.82) is 0 Å². The van der Waals surface area contributed by atoms with Gasteiger partial charge in [-0.2, -0.15) is 0 Å². The largest absolute Gasteiger partial charge is 0.497 e. The van der Waals surface area contributed by atoms with Crippen molar-refractivity contribution in [2.75, 3.05) is 19.0 Å². The molecule has 10 nitrogen and oxygen atoms in total. The number of benzene rings is 2. The van der Waals surface area contributed by atoms with E-state index in [0.29, 0.717) is 23.4 Å². The summed E-state index contributed by atoms with van der Waals surface area (Å²) in [4.78, 5) is 54.3. The molecule has 41 heavy (non-hydrogen) atoms. The second-order valence-electron chi connectivity index (χ2n) is 11.1. The Morgan fingerprint density at radius 1 is 1.00 bits per heavy atom. The maximum atomic E-state index is 14.2. The molecule has 0 aliphatic rings. The molecule has 2 aromatic carbocycles. The summed E-state index contributed by atoms with van der Waals surface area (Å²) in [7, 11) is 1.55. The third kappa shape index (κ3) is 10.4. The van der Waals surface area contributed by atoms with Crippen LogP contribution >= 0.6 is 0 Å². The smallest absolute Gasteiger partial charge is 0.408 e. The number of amides is 4. The van der Waals surface area contributed by atoms with E-state index in [9.17, 15) is 19.2 Å². The van der Waals surface area contributed by atoms with Crippen molar-refractivity contribution in [1.82, 2.24) is 10.2 Å². The number of hydrogen-bond acceptors (Lipinski definition) is 6. The third-order valence-corrected chi connectivity index (χ3v) is 6.33. The molecule has 0 aliphatic carbocycles. The molecule has 2 atom stereocenters. The standard InChI is InChI=1S/C31H44N4O6/c1-8-9-10-17-35(29(38)25(19-26(32)36)34-30(39)41-31(4,5)6)27(24-18-20(2)11-12-21(24)3)28(37)33-22-13-15-23(40-7)16-14-22/h11-16,18,25,27H,8-10,17,19H2,1-7H3,(H2,32,36)(H,33,37)(H,34,39). The van der Waals surface area contributed by atoms with Gasteiger partial charge in [-0.15, -0.1) is 0 Å². The van der Waals surface area contributed by atoms with Crippen molar-refractivity contribution in [3.05, 3.63) is 59.2 Å². The van der Waals surface area contributed by atoms with Crippen LogP contribution in [0.3, 0.4) is 0 Å². The van der Waals surface area contributed by atoms with Crippen LogP contribution in [-0.4, -0.2) is 54.0 Å². The summed E-state index contributed by atoms with van der Waals surface area (Å²) in [6.45, 7) is 11.1. The third-order valence-electron chi connectivity index (χ3n) is 6.33. The minimum absolute atomic E-state index is 0.214. The Morgan fingerprint density at radius 3 is 2.22 bits per heavy atom. The number of carbonyl (C=O) groups excluding carboxylic acids is 4. The second-order valence-corrected chi connectivity index (χ2v) is 11.1. The van der Waals surface area contributed by atoms with E-state index in [4.69, 9.17) is 15.2 Å². The van der Waals surface area contributed by atoms with Crippen molar-refractivity contribution in [2.45, 2.75) is 84.9 Å². The van der Waals surface area contributed by atoms with Crippen LogP contribution in [0.1, 0.15) is 76.1 Å². The summed E-state index contributed by atoms with van der Waals surface area (Å²) < 4.78 is 10.6. The number of rotatable bonds is 13. The molecule has 10 heteroatoms. The molecule has 0 spiro atoms.